The van der Waals surface area contributed by atoms with Gasteiger partial charge < -0.3 is 15.5 Å². The Kier molecular flexibility index (Phi) is 7.70. The van der Waals surface area contributed by atoms with E-state index in [2.05, 4.69) is 15.6 Å². The van der Waals surface area contributed by atoms with Crippen molar-refractivity contribution in [3.8, 4) is 0 Å². The van der Waals surface area contributed by atoms with Crippen LogP contribution in [0.15, 0.2) is 18.3 Å². The smallest absolute Gasteiger partial charge is 0.314 e. The number of carbonyl (C=O) groups is 2. The van der Waals surface area contributed by atoms with Gasteiger partial charge in [0.1, 0.15) is 0 Å². The monoisotopic (exact) mass is 346 g/mol. The lowest BCUT2D eigenvalue weighted by Crippen LogP contribution is -2.38. The summed E-state index contributed by atoms with van der Waals surface area (Å²) in [5.41, 5.74) is 1.61. The number of hydrogen-bond donors (Lipinski definition) is 2. The molecule has 2 heterocycles. The lowest BCUT2D eigenvalue weighted by molar-refractivity contribution is 0.0685. The molecule has 2 N–H and O–H groups in total. The van der Waals surface area contributed by atoms with Crippen LogP contribution in [0, 0.1) is 12.8 Å². The van der Waals surface area contributed by atoms with Gasteiger partial charge in [-0.05, 0) is 51.2 Å². The number of piperidine rings is 1. The maximum absolute atomic E-state index is 12.5. The Bertz CT molecular complexity index is 551. The van der Waals surface area contributed by atoms with Crippen molar-refractivity contribution in [1.82, 2.24) is 20.5 Å². The van der Waals surface area contributed by atoms with E-state index in [4.69, 9.17) is 0 Å². The van der Waals surface area contributed by atoms with E-state index in [0.29, 0.717) is 18.0 Å². The Hall–Kier alpha value is -2.11. The van der Waals surface area contributed by atoms with Crippen molar-refractivity contribution < 1.29 is 9.59 Å². The van der Waals surface area contributed by atoms with Gasteiger partial charge in [0.15, 0.2) is 0 Å². The zero-order chi connectivity index (χ0) is 18.1. The zero-order valence-corrected chi connectivity index (χ0v) is 15.4. The molecule has 1 aliphatic rings. The Balaban J connectivity index is 1.62. The van der Waals surface area contributed by atoms with Gasteiger partial charge in [0.25, 0.3) is 5.91 Å². The van der Waals surface area contributed by atoms with Crippen LogP contribution in [0.2, 0.25) is 0 Å². The molecular formula is C19H30N4O2. The number of rotatable bonds is 7. The predicted molar refractivity (Wildman–Crippen MR) is 98.5 cm³/mol. The van der Waals surface area contributed by atoms with Crippen molar-refractivity contribution in [2.45, 2.75) is 46.0 Å². The molecule has 0 aromatic carbocycles. The molecule has 0 bridgehead atoms. The molecule has 0 unspecified atom stereocenters. The molecule has 0 aliphatic carbocycles. The molecule has 6 heteroatoms. The first kappa shape index (κ1) is 19.2. The number of unbranched alkanes of at least 4 members (excludes halogenated alkanes) is 1. The highest BCUT2D eigenvalue weighted by Crippen LogP contribution is 2.23. The first-order chi connectivity index (χ1) is 12.1. The molecule has 0 saturated carbocycles. The van der Waals surface area contributed by atoms with E-state index in [-0.39, 0.29) is 11.9 Å². The molecule has 3 amide bonds. The second-order valence-electron chi connectivity index (χ2n) is 6.71. The second-order valence-corrected chi connectivity index (χ2v) is 6.71. The van der Waals surface area contributed by atoms with Gasteiger partial charge in [0.2, 0.25) is 0 Å². The molecule has 1 aromatic rings. The van der Waals surface area contributed by atoms with Crippen molar-refractivity contribution in [1.29, 1.82) is 0 Å². The average Bonchev–Trinajstić information content (AvgIpc) is 2.62. The highest BCUT2D eigenvalue weighted by atomic mass is 16.2. The molecule has 0 atom stereocenters. The molecule has 138 valence electrons. The molecule has 6 nitrogen and oxygen atoms in total. The number of hydrogen-bond acceptors (Lipinski definition) is 3. The minimum Gasteiger partial charge on any atom is -0.339 e. The molecular weight excluding hydrogens is 316 g/mol. The third kappa shape index (κ3) is 6.36. The SMILES string of the molecule is CCNC(=O)NCCCCC1CCN(C(=O)c2ccc(C)nc2)CC1. The number of amides is 3. The van der Waals surface area contributed by atoms with Crippen molar-refractivity contribution in [3.05, 3.63) is 29.6 Å². The summed E-state index contributed by atoms with van der Waals surface area (Å²) in [6.45, 7) is 6.87. The van der Waals surface area contributed by atoms with Gasteiger partial charge in [-0.15, -0.1) is 0 Å². The van der Waals surface area contributed by atoms with E-state index in [1.54, 1.807) is 6.20 Å². The largest absolute Gasteiger partial charge is 0.339 e. The van der Waals surface area contributed by atoms with Crippen LogP contribution in [0.1, 0.15) is 55.1 Å². The number of aromatic nitrogens is 1. The van der Waals surface area contributed by atoms with Gasteiger partial charge >= 0.3 is 6.03 Å². The lowest BCUT2D eigenvalue weighted by Gasteiger charge is -2.32. The summed E-state index contributed by atoms with van der Waals surface area (Å²) in [6.07, 6.45) is 7.10. The van der Waals surface area contributed by atoms with Crippen LogP contribution in [-0.4, -0.2) is 48.0 Å². The first-order valence-corrected chi connectivity index (χ1v) is 9.33. The van der Waals surface area contributed by atoms with Gasteiger partial charge in [-0.25, -0.2) is 4.79 Å². The number of nitrogens with one attached hydrogen (secondary N) is 2. The molecule has 1 aliphatic heterocycles. The predicted octanol–water partition coefficient (Wildman–Crippen LogP) is 2.73. The fourth-order valence-electron chi connectivity index (χ4n) is 3.18. The fourth-order valence-corrected chi connectivity index (χ4v) is 3.18. The van der Waals surface area contributed by atoms with E-state index >= 15 is 0 Å². The van der Waals surface area contributed by atoms with E-state index in [0.717, 1.165) is 51.0 Å². The normalized spacial score (nSPS) is 15.0. The number of urea groups is 1. The number of carbonyl (C=O) groups excluding carboxylic acids is 2. The summed E-state index contributed by atoms with van der Waals surface area (Å²) < 4.78 is 0. The van der Waals surface area contributed by atoms with Crippen LogP contribution in [0.4, 0.5) is 4.79 Å². The van der Waals surface area contributed by atoms with Gasteiger partial charge in [-0.2, -0.15) is 0 Å². The summed E-state index contributed by atoms with van der Waals surface area (Å²) in [7, 11) is 0. The highest BCUT2D eigenvalue weighted by molar-refractivity contribution is 5.93. The Morgan fingerprint density at radius 2 is 1.96 bits per heavy atom. The van der Waals surface area contributed by atoms with Crippen LogP contribution >= 0.6 is 0 Å². The molecule has 1 aromatic heterocycles. The van der Waals surface area contributed by atoms with Crippen molar-refractivity contribution >= 4 is 11.9 Å². The number of nitrogens with zero attached hydrogens (tertiary/aromatic N) is 2. The van der Waals surface area contributed by atoms with Gasteiger partial charge in [0, 0.05) is 38.1 Å². The Labute approximate surface area is 150 Å². The Morgan fingerprint density at radius 3 is 2.60 bits per heavy atom. The van der Waals surface area contributed by atoms with Crippen LogP contribution in [-0.2, 0) is 0 Å². The molecule has 0 radical (unpaired) electrons. The maximum Gasteiger partial charge on any atom is 0.314 e. The van der Waals surface area contributed by atoms with Crippen LogP contribution in [0.25, 0.3) is 0 Å². The first-order valence-electron chi connectivity index (χ1n) is 9.33. The quantitative estimate of drug-likeness (QED) is 0.746. The van der Waals surface area contributed by atoms with E-state index in [1.165, 1.54) is 6.42 Å². The maximum atomic E-state index is 12.5. The van der Waals surface area contributed by atoms with Gasteiger partial charge in [0.05, 0.1) is 5.56 Å². The minimum absolute atomic E-state index is 0.0834. The molecule has 0 spiro atoms. The van der Waals surface area contributed by atoms with E-state index in [9.17, 15) is 9.59 Å². The van der Waals surface area contributed by atoms with Crippen molar-refractivity contribution in [2.75, 3.05) is 26.2 Å². The van der Waals surface area contributed by atoms with Crippen molar-refractivity contribution in [2.24, 2.45) is 5.92 Å². The lowest BCUT2D eigenvalue weighted by atomic mass is 9.91. The van der Waals surface area contributed by atoms with E-state index in [1.807, 2.05) is 30.9 Å². The summed E-state index contributed by atoms with van der Waals surface area (Å²) in [5, 5.41) is 5.58. The van der Waals surface area contributed by atoms with Gasteiger partial charge in [-0.1, -0.05) is 12.8 Å². The fraction of sp³-hybridized carbons (Fsp3) is 0.632. The number of aryl methyl sites for hydroxylation is 1. The molecule has 2 rings (SSSR count). The third-order valence-electron chi connectivity index (χ3n) is 4.72. The summed E-state index contributed by atoms with van der Waals surface area (Å²) in [5.74, 6) is 0.779. The van der Waals surface area contributed by atoms with E-state index < -0.39 is 0 Å². The summed E-state index contributed by atoms with van der Waals surface area (Å²) >= 11 is 0. The summed E-state index contributed by atoms with van der Waals surface area (Å²) in [6, 6.07) is 3.66. The molecule has 1 saturated heterocycles. The number of likely N-dealkylation sites (tertiary alicyclic amines) is 1. The number of pyridine rings is 1. The minimum atomic E-state index is -0.0834. The van der Waals surface area contributed by atoms with Crippen LogP contribution < -0.4 is 10.6 Å². The van der Waals surface area contributed by atoms with Crippen molar-refractivity contribution in [3.63, 3.8) is 0 Å². The highest BCUT2D eigenvalue weighted by Gasteiger charge is 2.23. The van der Waals surface area contributed by atoms with Crippen LogP contribution in [0.5, 0.6) is 0 Å². The second kappa shape index (κ2) is 10.0. The Morgan fingerprint density at radius 1 is 1.20 bits per heavy atom. The molecule has 25 heavy (non-hydrogen) atoms. The van der Waals surface area contributed by atoms with Crippen LogP contribution in [0.3, 0.4) is 0 Å². The molecule has 1 fully saturated rings. The standard InChI is InChI=1S/C19H30N4O2/c1-3-20-19(25)21-11-5-4-6-16-9-12-23(13-10-16)18(24)17-8-7-15(2)22-14-17/h7-8,14,16H,3-6,9-13H2,1-2H3,(H2,20,21,25). The van der Waals surface area contributed by atoms with Gasteiger partial charge in [-0.3, -0.25) is 9.78 Å². The third-order valence-corrected chi connectivity index (χ3v) is 4.72. The summed E-state index contributed by atoms with van der Waals surface area (Å²) in [4.78, 5) is 29.9. The zero-order valence-electron chi connectivity index (χ0n) is 15.4. The topological polar surface area (TPSA) is 74.3 Å². The average molecular weight is 346 g/mol.